The fraction of sp³-hybridized carbons (Fsp3) is 0.250. The van der Waals surface area contributed by atoms with Crippen molar-refractivity contribution in [2.45, 2.75) is 25.7 Å². The molecule has 9 heteroatoms. The number of aryl methyl sites for hydroxylation is 2. The van der Waals surface area contributed by atoms with Gasteiger partial charge in [0.1, 0.15) is 23.2 Å². The van der Waals surface area contributed by atoms with E-state index in [1.807, 2.05) is 80.2 Å². The minimum Gasteiger partial charge on any atom is -0.484 e. The van der Waals surface area contributed by atoms with Gasteiger partial charge in [-0.3, -0.25) is 4.79 Å². The molecule has 0 saturated carbocycles. The van der Waals surface area contributed by atoms with Gasteiger partial charge < -0.3 is 19.0 Å². The molecule has 0 radical (unpaired) electrons. The van der Waals surface area contributed by atoms with E-state index in [2.05, 4.69) is 16.3 Å². The van der Waals surface area contributed by atoms with Gasteiger partial charge >= 0.3 is 0 Å². The summed E-state index contributed by atoms with van der Waals surface area (Å²) in [6, 6.07) is 15.8. The summed E-state index contributed by atoms with van der Waals surface area (Å²) in [5, 5.41) is 18.0. The van der Waals surface area contributed by atoms with Crippen LogP contribution >= 0.6 is 11.8 Å². The van der Waals surface area contributed by atoms with Crippen LogP contribution in [0.4, 0.5) is 11.4 Å². The van der Waals surface area contributed by atoms with Crippen LogP contribution in [0.1, 0.15) is 17.0 Å². The Morgan fingerprint density at radius 1 is 1.12 bits per heavy atom. The summed E-state index contributed by atoms with van der Waals surface area (Å²) in [5.41, 5.74) is 4.07. The van der Waals surface area contributed by atoms with Crippen molar-refractivity contribution >= 4 is 28.9 Å². The van der Waals surface area contributed by atoms with Crippen LogP contribution < -0.4 is 14.5 Å². The van der Waals surface area contributed by atoms with Gasteiger partial charge in [0.15, 0.2) is 12.4 Å². The molecule has 0 unspecified atom stereocenters. The second kappa shape index (κ2) is 9.38. The molecule has 0 fully saturated rings. The number of allylic oxidation sites excluding steroid dienone is 1. The second-order valence-corrected chi connectivity index (χ2v) is 8.57. The monoisotopic (exact) mass is 461 g/mol. The predicted octanol–water partition coefficient (Wildman–Crippen LogP) is 4.25. The summed E-state index contributed by atoms with van der Waals surface area (Å²) in [5.74, 6) is 1.32. The minimum atomic E-state index is -0.310. The van der Waals surface area contributed by atoms with Crippen LogP contribution in [0.2, 0.25) is 0 Å². The van der Waals surface area contributed by atoms with Gasteiger partial charge in [-0.25, -0.2) is 0 Å². The molecule has 0 spiro atoms. The molecule has 1 aromatic heterocycles. The van der Waals surface area contributed by atoms with Crippen LogP contribution in [0.3, 0.4) is 0 Å². The molecule has 3 aromatic rings. The van der Waals surface area contributed by atoms with Gasteiger partial charge in [-0.15, -0.1) is 10.2 Å². The molecule has 0 N–H and O–H groups in total. The summed E-state index contributed by atoms with van der Waals surface area (Å²) in [6.45, 7) is 4.09. The molecule has 1 aliphatic heterocycles. The van der Waals surface area contributed by atoms with Crippen molar-refractivity contribution in [3.63, 3.8) is 0 Å². The van der Waals surface area contributed by atoms with E-state index in [1.165, 1.54) is 0 Å². The average molecular weight is 462 g/mol. The number of fused-ring (bicyclic) bond motifs is 1. The van der Waals surface area contributed by atoms with Crippen LogP contribution in [-0.4, -0.2) is 35.8 Å². The molecule has 8 nitrogen and oxygen atoms in total. The molecule has 2 aromatic carbocycles. The smallest absolute Gasteiger partial charge is 0.277 e. The van der Waals surface area contributed by atoms with Crippen molar-refractivity contribution in [3.8, 4) is 11.8 Å². The molecule has 0 atom stereocenters. The third kappa shape index (κ3) is 4.56. The zero-order chi connectivity index (χ0) is 23.5. The number of hydrogen-bond donors (Lipinski definition) is 0. The predicted molar refractivity (Wildman–Crippen MR) is 126 cm³/mol. The van der Waals surface area contributed by atoms with E-state index in [9.17, 15) is 10.1 Å². The SMILES string of the molecule is Cc1ccc(C)c(OCc2nnc(SCC(=O)C(C#N)=C3N(C)c4ccccc4N3C)o2)c1. The highest BCUT2D eigenvalue weighted by Crippen LogP contribution is 2.40. The molecule has 33 heavy (non-hydrogen) atoms. The Balaban J connectivity index is 1.41. The lowest BCUT2D eigenvalue weighted by Gasteiger charge is -2.19. The van der Waals surface area contributed by atoms with Crippen molar-refractivity contribution < 1.29 is 13.9 Å². The normalized spacial score (nSPS) is 12.5. The summed E-state index contributed by atoms with van der Waals surface area (Å²) in [7, 11) is 3.69. The third-order valence-corrected chi connectivity index (χ3v) is 6.14. The summed E-state index contributed by atoms with van der Waals surface area (Å²) < 4.78 is 11.4. The topological polar surface area (TPSA) is 95.5 Å². The molecule has 168 valence electrons. The highest BCUT2D eigenvalue weighted by atomic mass is 32.2. The van der Waals surface area contributed by atoms with Crippen molar-refractivity contribution in [2.24, 2.45) is 0 Å². The molecule has 4 rings (SSSR count). The number of rotatable bonds is 7. The fourth-order valence-electron chi connectivity index (χ4n) is 3.61. The molecule has 2 heterocycles. The number of aromatic nitrogens is 2. The van der Waals surface area contributed by atoms with Crippen molar-refractivity contribution in [1.82, 2.24) is 10.2 Å². The number of benzene rings is 2. The number of Topliss-reactive ketones (excluding diaryl/α,β-unsaturated/α-hetero) is 1. The van der Waals surface area contributed by atoms with Gasteiger partial charge in [0.05, 0.1) is 17.1 Å². The van der Waals surface area contributed by atoms with E-state index >= 15 is 0 Å². The number of nitrogens with zero attached hydrogens (tertiary/aromatic N) is 5. The minimum absolute atomic E-state index is 0.00387. The van der Waals surface area contributed by atoms with Gasteiger partial charge in [-0.2, -0.15) is 5.26 Å². The number of thioether (sulfide) groups is 1. The standard InChI is InChI=1S/C24H23N5O3S/c1-15-9-10-16(2)21(11-15)31-13-22-26-27-24(32-22)33-14-20(30)17(12-25)23-28(3)18-7-5-6-8-19(18)29(23)4/h5-11H,13-14H2,1-4H3. The van der Waals surface area contributed by atoms with Gasteiger partial charge in [-0.05, 0) is 43.2 Å². The Bertz CT molecular complexity index is 1250. The molecule has 0 aliphatic carbocycles. The lowest BCUT2D eigenvalue weighted by atomic mass is 10.1. The van der Waals surface area contributed by atoms with Gasteiger partial charge in [-0.1, -0.05) is 36.0 Å². The van der Waals surface area contributed by atoms with Gasteiger partial charge in [0, 0.05) is 14.1 Å². The molecular weight excluding hydrogens is 438 g/mol. The first-order valence-electron chi connectivity index (χ1n) is 10.3. The lowest BCUT2D eigenvalue weighted by molar-refractivity contribution is -0.112. The largest absolute Gasteiger partial charge is 0.484 e. The summed E-state index contributed by atoms with van der Waals surface area (Å²) in [6.07, 6.45) is 0. The van der Waals surface area contributed by atoms with Gasteiger partial charge in [0.25, 0.3) is 11.1 Å². The van der Waals surface area contributed by atoms with E-state index in [0.29, 0.717) is 11.7 Å². The maximum atomic E-state index is 12.9. The maximum absolute atomic E-state index is 12.9. The van der Waals surface area contributed by atoms with Gasteiger partial charge in [0.2, 0.25) is 0 Å². The number of hydrogen-bond acceptors (Lipinski definition) is 9. The zero-order valence-corrected chi connectivity index (χ0v) is 19.6. The molecule has 1 aliphatic rings. The number of nitriles is 1. The van der Waals surface area contributed by atoms with E-state index in [0.717, 1.165) is 40.0 Å². The lowest BCUT2D eigenvalue weighted by Crippen LogP contribution is -2.26. The van der Waals surface area contributed by atoms with Crippen LogP contribution in [0.25, 0.3) is 0 Å². The first-order valence-corrected chi connectivity index (χ1v) is 11.3. The van der Waals surface area contributed by atoms with Crippen LogP contribution in [0.5, 0.6) is 5.75 Å². The first kappa shape index (κ1) is 22.4. The Labute approximate surface area is 196 Å². The second-order valence-electron chi connectivity index (χ2n) is 7.65. The Morgan fingerprint density at radius 2 is 1.82 bits per heavy atom. The number of carbonyl (C=O) groups is 1. The number of carbonyl (C=O) groups excluding carboxylic acids is 1. The first-order chi connectivity index (χ1) is 15.9. The van der Waals surface area contributed by atoms with E-state index in [1.54, 1.807) is 0 Å². The third-order valence-electron chi connectivity index (χ3n) is 5.32. The number of ether oxygens (including phenoxy) is 1. The average Bonchev–Trinajstić information content (AvgIpc) is 3.37. The quantitative estimate of drug-likeness (QED) is 0.291. The van der Waals surface area contributed by atoms with E-state index in [-0.39, 0.29) is 28.9 Å². The van der Waals surface area contributed by atoms with Crippen LogP contribution in [0, 0.1) is 25.2 Å². The molecule has 0 bridgehead atoms. The van der Waals surface area contributed by atoms with Crippen molar-refractivity contribution in [1.29, 1.82) is 5.26 Å². The number of anilines is 2. The molecule has 0 amide bonds. The number of para-hydroxylation sites is 2. The zero-order valence-electron chi connectivity index (χ0n) is 18.8. The number of ketones is 1. The Hall–Kier alpha value is -3.77. The Morgan fingerprint density at radius 3 is 2.48 bits per heavy atom. The fourth-order valence-corrected chi connectivity index (χ4v) is 4.27. The maximum Gasteiger partial charge on any atom is 0.277 e. The highest BCUT2D eigenvalue weighted by Gasteiger charge is 2.31. The molecule has 0 saturated heterocycles. The van der Waals surface area contributed by atoms with E-state index < -0.39 is 0 Å². The van der Waals surface area contributed by atoms with Crippen LogP contribution in [-0.2, 0) is 11.4 Å². The van der Waals surface area contributed by atoms with Crippen molar-refractivity contribution in [2.75, 3.05) is 29.6 Å². The highest BCUT2D eigenvalue weighted by molar-refractivity contribution is 7.99. The van der Waals surface area contributed by atoms with E-state index in [4.69, 9.17) is 9.15 Å². The Kier molecular flexibility index (Phi) is 6.38. The molecular formula is C24H23N5O3S. The van der Waals surface area contributed by atoms with Crippen molar-refractivity contribution in [3.05, 3.63) is 70.9 Å². The van der Waals surface area contributed by atoms with Crippen LogP contribution in [0.15, 0.2) is 63.5 Å². The summed E-state index contributed by atoms with van der Waals surface area (Å²) >= 11 is 1.10. The summed E-state index contributed by atoms with van der Waals surface area (Å²) in [4.78, 5) is 16.6.